The predicted octanol–water partition coefficient (Wildman–Crippen LogP) is 7.41. The van der Waals surface area contributed by atoms with Crippen molar-refractivity contribution in [2.24, 2.45) is 0 Å². The molecule has 0 fully saturated rings. The van der Waals surface area contributed by atoms with E-state index < -0.39 is 40.4 Å². The van der Waals surface area contributed by atoms with Crippen LogP contribution in [0.25, 0.3) is 11.3 Å². The minimum absolute atomic E-state index is 0.378. The van der Waals surface area contributed by atoms with Gasteiger partial charge in [0, 0.05) is 17.7 Å². The van der Waals surface area contributed by atoms with Gasteiger partial charge in [-0.3, -0.25) is 0 Å². The quantitative estimate of drug-likeness (QED) is 0.182. The van der Waals surface area contributed by atoms with E-state index in [1.807, 2.05) is 79.4 Å². The van der Waals surface area contributed by atoms with Crippen LogP contribution in [0, 0.1) is 29.1 Å². The molecule has 1 aliphatic heterocycles. The molecule has 5 rings (SSSR count). The summed E-state index contributed by atoms with van der Waals surface area (Å²) in [7, 11) is 3.88. The summed E-state index contributed by atoms with van der Waals surface area (Å²) in [6, 6.07) is 9.12. The van der Waals surface area contributed by atoms with E-state index in [1.165, 1.54) is 6.08 Å². The van der Waals surface area contributed by atoms with Crippen LogP contribution in [0.4, 0.5) is 22.0 Å². The van der Waals surface area contributed by atoms with Gasteiger partial charge in [-0.15, -0.1) is 0 Å². The molecule has 0 spiro atoms. The molecular formula is C30H23F5NO+. The van der Waals surface area contributed by atoms with Crippen LogP contribution in [0.1, 0.15) is 30.4 Å². The van der Waals surface area contributed by atoms with E-state index in [9.17, 15) is 22.0 Å². The van der Waals surface area contributed by atoms with Gasteiger partial charge in [-0.25, -0.2) is 26.5 Å². The number of hydrogen-bond donors (Lipinski definition) is 0. The summed E-state index contributed by atoms with van der Waals surface area (Å²) in [6.07, 6.45) is 13.2. The van der Waals surface area contributed by atoms with Crippen LogP contribution in [0.3, 0.4) is 0 Å². The minimum Gasteiger partial charge on any atom is -0.456 e. The molecule has 3 aliphatic rings. The van der Waals surface area contributed by atoms with Gasteiger partial charge in [-0.1, -0.05) is 30.3 Å². The molecule has 2 aromatic carbocycles. The van der Waals surface area contributed by atoms with E-state index in [0.29, 0.717) is 24.2 Å². The van der Waals surface area contributed by atoms with Gasteiger partial charge in [0.1, 0.15) is 25.6 Å². The van der Waals surface area contributed by atoms with Gasteiger partial charge in [0.15, 0.2) is 29.0 Å². The average Bonchev–Trinajstić information content (AvgIpc) is 2.91. The van der Waals surface area contributed by atoms with Gasteiger partial charge in [0.05, 0.1) is 5.56 Å². The molecule has 7 heteroatoms. The summed E-state index contributed by atoms with van der Waals surface area (Å²) >= 11 is 0. The standard InChI is InChI=1S/C30H23F5NO/c1-36(2)20-13-11-17(12-14-20)15-19-9-6-10-21-22(18-7-4-3-5-8-18)16-23(37-30(19)21)24-25(31)27(33)29(35)28(34)26(24)32/h3-5,7-8,11-16H,6,9-10H2,1-2H3/q+1. The van der Waals surface area contributed by atoms with Crippen molar-refractivity contribution < 1.29 is 31.3 Å². The van der Waals surface area contributed by atoms with E-state index in [0.717, 1.165) is 34.4 Å². The first-order valence-electron chi connectivity index (χ1n) is 11.8. The van der Waals surface area contributed by atoms with E-state index in [1.54, 1.807) is 0 Å². The largest absolute Gasteiger partial charge is 0.456 e. The van der Waals surface area contributed by atoms with Gasteiger partial charge in [0.2, 0.25) is 5.82 Å². The molecule has 0 atom stereocenters. The Kier molecular flexibility index (Phi) is 6.54. The number of ether oxygens (including phenoxy) is 1. The zero-order valence-electron chi connectivity index (χ0n) is 20.2. The lowest BCUT2D eigenvalue weighted by Gasteiger charge is -2.29. The number of fused-ring (bicyclic) bond motifs is 1. The van der Waals surface area contributed by atoms with E-state index in [2.05, 4.69) is 0 Å². The fraction of sp³-hybridized carbons (Fsp3) is 0.167. The summed E-state index contributed by atoms with van der Waals surface area (Å²) in [5.74, 6) is -10.1. The van der Waals surface area contributed by atoms with Gasteiger partial charge in [-0.2, -0.15) is 0 Å². The lowest BCUT2D eigenvalue weighted by Crippen LogP contribution is -2.15. The highest BCUT2D eigenvalue weighted by atomic mass is 19.2. The maximum Gasteiger partial charge on any atom is 0.200 e. The number of allylic oxidation sites excluding steroid dienone is 10. The third-order valence-corrected chi connectivity index (χ3v) is 6.54. The van der Waals surface area contributed by atoms with Crippen molar-refractivity contribution in [3.8, 4) is 0 Å². The average molecular weight is 509 g/mol. The Bertz CT molecular complexity index is 1470. The monoisotopic (exact) mass is 508 g/mol. The molecule has 37 heavy (non-hydrogen) atoms. The molecule has 0 unspecified atom stereocenters. The van der Waals surface area contributed by atoms with E-state index >= 15 is 0 Å². The van der Waals surface area contributed by atoms with Gasteiger partial charge in [-0.05, 0) is 65.8 Å². The Hall–Kier alpha value is -4.00. The summed E-state index contributed by atoms with van der Waals surface area (Å²) in [4.78, 5) is 0. The van der Waals surface area contributed by atoms with Crippen LogP contribution in [-0.4, -0.2) is 24.4 Å². The third kappa shape index (κ3) is 4.50. The second kappa shape index (κ2) is 9.81. The molecule has 0 aromatic heterocycles. The second-order valence-corrected chi connectivity index (χ2v) is 9.15. The van der Waals surface area contributed by atoms with E-state index in [4.69, 9.17) is 4.74 Å². The van der Waals surface area contributed by atoms with Crippen molar-refractivity contribution >= 4 is 17.0 Å². The molecular weight excluding hydrogens is 485 g/mol. The smallest absolute Gasteiger partial charge is 0.200 e. The Balaban J connectivity index is 1.71. The van der Waals surface area contributed by atoms with Crippen molar-refractivity contribution in [3.63, 3.8) is 0 Å². The third-order valence-electron chi connectivity index (χ3n) is 6.54. The molecule has 1 heterocycles. The zero-order valence-corrected chi connectivity index (χ0v) is 20.2. The molecule has 0 radical (unpaired) electrons. The fourth-order valence-corrected chi connectivity index (χ4v) is 4.65. The number of hydrogen-bond acceptors (Lipinski definition) is 1. The highest BCUT2D eigenvalue weighted by molar-refractivity contribution is 6.02. The number of rotatable bonds is 3. The molecule has 0 bridgehead atoms. The molecule has 2 nitrogen and oxygen atoms in total. The van der Waals surface area contributed by atoms with Crippen LogP contribution in [0.5, 0.6) is 0 Å². The number of benzene rings is 2. The Morgan fingerprint density at radius 1 is 0.784 bits per heavy atom. The summed E-state index contributed by atoms with van der Waals surface area (Å²) in [5, 5.41) is 0. The van der Waals surface area contributed by atoms with Crippen LogP contribution < -0.4 is 0 Å². The van der Waals surface area contributed by atoms with Crippen molar-refractivity contribution in [1.82, 2.24) is 0 Å². The Morgan fingerprint density at radius 2 is 1.41 bits per heavy atom. The van der Waals surface area contributed by atoms with Gasteiger partial charge in [0.25, 0.3) is 0 Å². The Labute approximate surface area is 211 Å². The molecule has 2 aliphatic carbocycles. The predicted molar refractivity (Wildman–Crippen MR) is 133 cm³/mol. The first-order chi connectivity index (χ1) is 17.8. The summed E-state index contributed by atoms with van der Waals surface area (Å²) in [5.41, 5.74) is 3.80. The first kappa shape index (κ1) is 24.7. The molecule has 0 N–H and O–H groups in total. The van der Waals surface area contributed by atoms with Crippen LogP contribution in [-0.2, 0) is 4.74 Å². The first-order valence-corrected chi connectivity index (χ1v) is 11.8. The van der Waals surface area contributed by atoms with Crippen LogP contribution in [0.2, 0.25) is 0 Å². The molecule has 0 saturated heterocycles. The van der Waals surface area contributed by atoms with Crippen LogP contribution >= 0.6 is 0 Å². The second-order valence-electron chi connectivity index (χ2n) is 9.15. The number of halogens is 5. The maximum atomic E-state index is 14.8. The van der Waals surface area contributed by atoms with Crippen molar-refractivity contribution in [2.45, 2.75) is 19.3 Å². The normalized spacial score (nSPS) is 17.1. The van der Waals surface area contributed by atoms with Crippen molar-refractivity contribution in [3.05, 3.63) is 129 Å². The van der Waals surface area contributed by atoms with Crippen molar-refractivity contribution in [1.29, 1.82) is 0 Å². The topological polar surface area (TPSA) is 12.2 Å². The highest BCUT2D eigenvalue weighted by Gasteiger charge is 2.33. The SMILES string of the molecule is C[N+](C)=C1C=CC(=CC2=C3OC(c4c(F)c(F)c(F)c(F)c4F)=CC(c4ccccc4)=C3CCC2)C=C1. The summed E-state index contributed by atoms with van der Waals surface area (Å²) < 4.78 is 79.5. The molecule has 2 aromatic rings. The summed E-state index contributed by atoms with van der Waals surface area (Å²) in [6.45, 7) is 0. The molecule has 0 saturated carbocycles. The molecule has 188 valence electrons. The minimum atomic E-state index is -2.21. The van der Waals surface area contributed by atoms with E-state index in [-0.39, 0.29) is 0 Å². The highest BCUT2D eigenvalue weighted by Crippen LogP contribution is 2.45. The zero-order chi connectivity index (χ0) is 26.3. The lowest BCUT2D eigenvalue weighted by molar-refractivity contribution is -0.462. The van der Waals surface area contributed by atoms with Gasteiger partial charge < -0.3 is 4.74 Å². The number of nitrogens with zero attached hydrogens (tertiary/aromatic N) is 1. The molecule has 0 amide bonds. The fourth-order valence-electron chi connectivity index (χ4n) is 4.65. The van der Waals surface area contributed by atoms with Crippen molar-refractivity contribution in [2.75, 3.05) is 14.1 Å². The van der Waals surface area contributed by atoms with Gasteiger partial charge >= 0.3 is 0 Å². The lowest BCUT2D eigenvalue weighted by atomic mass is 9.84. The Morgan fingerprint density at radius 3 is 2.03 bits per heavy atom. The van der Waals surface area contributed by atoms with Crippen LogP contribution in [0.15, 0.2) is 89.3 Å². The maximum absolute atomic E-state index is 14.8.